The Morgan fingerprint density at radius 2 is 2.36 bits per heavy atom. The summed E-state index contributed by atoms with van der Waals surface area (Å²) in [6, 6.07) is 0.519. The Balaban J connectivity index is 2.29. The molecule has 0 aromatic rings. The Morgan fingerprint density at radius 1 is 1.45 bits per heavy atom. The van der Waals surface area contributed by atoms with E-state index in [1.54, 1.807) is 0 Å². The molecule has 1 aliphatic carbocycles. The van der Waals surface area contributed by atoms with Crippen molar-refractivity contribution >= 4 is 6.21 Å². The zero-order valence-corrected chi connectivity index (χ0v) is 6.70. The van der Waals surface area contributed by atoms with Gasteiger partial charge in [0.15, 0.2) is 12.3 Å². The predicted molar refractivity (Wildman–Crippen MR) is 47.0 cm³/mol. The van der Waals surface area contributed by atoms with Gasteiger partial charge in [-0.25, -0.2) is 4.58 Å². The zero-order valence-electron chi connectivity index (χ0n) is 6.70. The van der Waals surface area contributed by atoms with Crippen LogP contribution >= 0.6 is 0 Å². The van der Waals surface area contributed by atoms with Gasteiger partial charge in [-0.1, -0.05) is 18.2 Å². The van der Waals surface area contributed by atoms with E-state index in [2.05, 4.69) is 48.1 Å². The van der Waals surface area contributed by atoms with Crippen LogP contribution in [0.5, 0.6) is 0 Å². The maximum absolute atomic E-state index is 2.33. The summed E-state index contributed by atoms with van der Waals surface area (Å²) in [5.74, 6) is 0. The van der Waals surface area contributed by atoms with Gasteiger partial charge in [-0.05, 0) is 13.0 Å². The molecule has 0 saturated carbocycles. The number of fused-ring (bicyclic) bond motifs is 1. The van der Waals surface area contributed by atoms with Crippen molar-refractivity contribution in [3.8, 4) is 0 Å². The van der Waals surface area contributed by atoms with E-state index in [0.29, 0.717) is 6.04 Å². The fraction of sp³-hybridized carbons (Fsp3) is 0.300. The molecule has 0 bridgehead atoms. The van der Waals surface area contributed by atoms with E-state index >= 15 is 0 Å². The molecule has 2 rings (SSSR count). The fourth-order valence-electron chi connectivity index (χ4n) is 1.58. The van der Waals surface area contributed by atoms with Crippen molar-refractivity contribution in [3.63, 3.8) is 0 Å². The van der Waals surface area contributed by atoms with E-state index in [1.807, 2.05) is 0 Å². The van der Waals surface area contributed by atoms with Crippen LogP contribution in [-0.4, -0.2) is 23.4 Å². The summed E-state index contributed by atoms with van der Waals surface area (Å²) >= 11 is 0. The lowest BCUT2D eigenvalue weighted by atomic mass is 10.0. The van der Waals surface area contributed by atoms with Crippen molar-refractivity contribution < 1.29 is 4.58 Å². The lowest BCUT2D eigenvalue weighted by molar-refractivity contribution is -0.533. The highest BCUT2D eigenvalue weighted by Gasteiger charge is 2.24. The van der Waals surface area contributed by atoms with E-state index in [9.17, 15) is 0 Å². The van der Waals surface area contributed by atoms with Gasteiger partial charge in [-0.15, -0.1) is 0 Å². The summed E-state index contributed by atoms with van der Waals surface area (Å²) in [4.78, 5) is 0. The molecule has 0 aromatic heterocycles. The lowest BCUT2D eigenvalue weighted by Crippen LogP contribution is -2.22. The molecule has 1 atom stereocenters. The zero-order chi connectivity index (χ0) is 7.68. The number of allylic oxidation sites excluding steroid dienone is 3. The van der Waals surface area contributed by atoms with Crippen molar-refractivity contribution in [1.29, 1.82) is 0 Å². The van der Waals surface area contributed by atoms with Gasteiger partial charge < -0.3 is 0 Å². The second-order valence-corrected chi connectivity index (χ2v) is 2.84. The molecule has 1 nitrogen and oxygen atoms in total. The largest absolute Gasteiger partial charge is 0.226 e. The maximum Gasteiger partial charge on any atom is 0.197 e. The molecule has 56 valence electrons. The van der Waals surface area contributed by atoms with Crippen molar-refractivity contribution in [2.75, 3.05) is 6.54 Å². The van der Waals surface area contributed by atoms with Crippen LogP contribution in [0, 0.1) is 0 Å². The summed E-state index contributed by atoms with van der Waals surface area (Å²) in [5, 5.41) is 0. The van der Waals surface area contributed by atoms with Crippen molar-refractivity contribution in [3.05, 3.63) is 36.0 Å². The highest BCUT2D eigenvalue weighted by molar-refractivity contribution is 5.72. The van der Waals surface area contributed by atoms with Gasteiger partial charge in [0.25, 0.3) is 0 Å². The molecule has 2 aliphatic rings. The highest BCUT2D eigenvalue weighted by atomic mass is 15.0. The van der Waals surface area contributed by atoms with Gasteiger partial charge in [0.05, 0.1) is 0 Å². The molecule has 1 aliphatic heterocycles. The molecular formula is C10H12N+. The lowest BCUT2D eigenvalue weighted by Gasteiger charge is -2.08. The van der Waals surface area contributed by atoms with E-state index in [0.717, 1.165) is 6.54 Å². The van der Waals surface area contributed by atoms with Crippen molar-refractivity contribution in [2.45, 2.75) is 13.0 Å². The molecule has 11 heavy (non-hydrogen) atoms. The van der Waals surface area contributed by atoms with Crippen LogP contribution in [0.3, 0.4) is 0 Å². The minimum absolute atomic E-state index is 0.519. The number of rotatable bonds is 1. The molecule has 1 heterocycles. The topological polar surface area (TPSA) is 3.01 Å². The summed E-state index contributed by atoms with van der Waals surface area (Å²) < 4.78 is 2.33. The van der Waals surface area contributed by atoms with Crippen molar-refractivity contribution in [2.24, 2.45) is 0 Å². The third kappa shape index (κ3) is 0.967. The maximum atomic E-state index is 2.33. The second-order valence-electron chi connectivity index (χ2n) is 2.84. The Labute approximate surface area is 67.0 Å². The van der Waals surface area contributed by atoms with Gasteiger partial charge in [-0.3, -0.25) is 0 Å². The molecule has 1 heteroatoms. The van der Waals surface area contributed by atoms with Crippen LogP contribution in [0.4, 0.5) is 0 Å². The Kier molecular flexibility index (Phi) is 1.50. The molecule has 0 fully saturated rings. The first-order valence-corrected chi connectivity index (χ1v) is 4.07. The van der Waals surface area contributed by atoms with Gasteiger partial charge in [0.2, 0.25) is 0 Å². The molecule has 0 aromatic carbocycles. The normalized spacial score (nSPS) is 26.5. The van der Waals surface area contributed by atoms with Gasteiger partial charge >= 0.3 is 0 Å². The minimum Gasteiger partial charge on any atom is -0.226 e. The molecule has 0 amide bonds. The van der Waals surface area contributed by atoms with Crippen LogP contribution in [0.15, 0.2) is 36.0 Å². The van der Waals surface area contributed by atoms with Crippen LogP contribution in [0.25, 0.3) is 0 Å². The average molecular weight is 146 g/mol. The average Bonchev–Trinajstić information content (AvgIpc) is 2.47. The number of hydrogen-bond acceptors (Lipinski definition) is 0. The first-order chi connectivity index (χ1) is 5.42. The first kappa shape index (κ1) is 6.59. The SMILES string of the molecule is CC[N+]1=CC=C2C=CC=CC21. The van der Waals surface area contributed by atoms with Crippen LogP contribution in [0.2, 0.25) is 0 Å². The van der Waals surface area contributed by atoms with Crippen LogP contribution in [0.1, 0.15) is 6.92 Å². The summed E-state index contributed by atoms with van der Waals surface area (Å²) in [5.41, 5.74) is 1.41. The first-order valence-electron chi connectivity index (χ1n) is 4.07. The fourth-order valence-corrected chi connectivity index (χ4v) is 1.58. The molecule has 1 unspecified atom stereocenters. The quantitative estimate of drug-likeness (QED) is 0.493. The number of hydrogen-bond donors (Lipinski definition) is 0. The summed E-state index contributed by atoms with van der Waals surface area (Å²) in [6.45, 7) is 3.27. The molecule has 0 saturated heterocycles. The third-order valence-electron chi connectivity index (χ3n) is 2.22. The Hall–Kier alpha value is -1.11. The molecule has 0 spiro atoms. The molecular weight excluding hydrogens is 134 g/mol. The summed E-state index contributed by atoms with van der Waals surface area (Å²) in [7, 11) is 0. The van der Waals surface area contributed by atoms with E-state index in [4.69, 9.17) is 0 Å². The van der Waals surface area contributed by atoms with E-state index in [1.165, 1.54) is 5.57 Å². The van der Waals surface area contributed by atoms with Gasteiger partial charge in [-0.2, -0.15) is 0 Å². The third-order valence-corrected chi connectivity index (χ3v) is 2.22. The second kappa shape index (κ2) is 2.50. The van der Waals surface area contributed by atoms with Crippen LogP contribution < -0.4 is 0 Å². The standard InChI is InChI=1S/C10H12N/c1-2-11-8-7-9-5-3-4-6-10(9)11/h3-8,10H,2H2,1H3/q+1. The van der Waals surface area contributed by atoms with Gasteiger partial charge in [0, 0.05) is 11.6 Å². The van der Waals surface area contributed by atoms with Crippen molar-refractivity contribution in [1.82, 2.24) is 0 Å². The molecule has 0 radical (unpaired) electrons. The number of likely N-dealkylation sites (N-methyl/N-ethyl adjacent to an activating group) is 1. The predicted octanol–water partition coefficient (Wildman–Crippen LogP) is 1.52. The smallest absolute Gasteiger partial charge is 0.197 e. The monoisotopic (exact) mass is 146 g/mol. The Morgan fingerprint density at radius 3 is 3.18 bits per heavy atom. The Bertz CT molecular complexity index is 279. The van der Waals surface area contributed by atoms with Crippen LogP contribution in [-0.2, 0) is 0 Å². The van der Waals surface area contributed by atoms with E-state index < -0.39 is 0 Å². The minimum atomic E-state index is 0.519. The highest BCUT2D eigenvalue weighted by Crippen LogP contribution is 2.17. The van der Waals surface area contributed by atoms with E-state index in [-0.39, 0.29) is 0 Å². The number of nitrogens with zero attached hydrogens (tertiary/aromatic N) is 1. The summed E-state index contributed by atoms with van der Waals surface area (Å²) in [6.07, 6.45) is 13.0. The van der Waals surface area contributed by atoms with Gasteiger partial charge in [0.1, 0.15) is 6.54 Å². The molecule has 0 N–H and O–H groups in total.